The van der Waals surface area contributed by atoms with Crippen LogP contribution in [0.4, 0.5) is 0 Å². The largest absolute Gasteiger partial charge is 0.481 e. The molecule has 20 heavy (non-hydrogen) atoms. The Hall–Kier alpha value is -1.85. The van der Waals surface area contributed by atoms with E-state index in [1.165, 1.54) is 0 Å². The first-order valence-electron chi connectivity index (χ1n) is 6.80. The average Bonchev–Trinajstić information content (AvgIpc) is 2.93. The SMILES string of the molecule is CC1C(C(=O)O)CCN1C(=O)c1cnn(C(C)(C)C)c1. The molecule has 1 fully saturated rings. The third-order valence-electron chi connectivity index (χ3n) is 3.85. The van der Waals surface area contributed by atoms with Crippen molar-refractivity contribution in [1.29, 1.82) is 0 Å². The van der Waals surface area contributed by atoms with Gasteiger partial charge in [0.15, 0.2) is 0 Å². The van der Waals surface area contributed by atoms with Gasteiger partial charge in [-0.05, 0) is 34.1 Å². The van der Waals surface area contributed by atoms with Crippen LogP contribution in [0.15, 0.2) is 12.4 Å². The van der Waals surface area contributed by atoms with Crippen LogP contribution < -0.4 is 0 Å². The molecule has 0 radical (unpaired) electrons. The van der Waals surface area contributed by atoms with Crippen LogP contribution in [-0.4, -0.2) is 44.3 Å². The molecule has 0 aliphatic carbocycles. The molecular weight excluding hydrogens is 258 g/mol. The van der Waals surface area contributed by atoms with Crippen LogP contribution in [0.5, 0.6) is 0 Å². The van der Waals surface area contributed by atoms with Crippen molar-refractivity contribution in [2.45, 2.75) is 45.7 Å². The number of rotatable bonds is 2. The molecule has 0 spiro atoms. The number of carbonyl (C=O) groups is 2. The van der Waals surface area contributed by atoms with E-state index >= 15 is 0 Å². The van der Waals surface area contributed by atoms with Gasteiger partial charge in [0.25, 0.3) is 5.91 Å². The number of aromatic nitrogens is 2. The molecule has 1 N–H and O–H groups in total. The summed E-state index contributed by atoms with van der Waals surface area (Å²) in [5.74, 6) is -1.45. The molecule has 2 unspecified atom stereocenters. The molecular formula is C14H21N3O3. The molecule has 2 rings (SSSR count). The summed E-state index contributed by atoms with van der Waals surface area (Å²) >= 11 is 0. The summed E-state index contributed by atoms with van der Waals surface area (Å²) in [6.45, 7) is 8.29. The highest BCUT2D eigenvalue weighted by Crippen LogP contribution is 2.26. The van der Waals surface area contributed by atoms with E-state index in [-0.39, 0.29) is 17.5 Å². The zero-order valence-electron chi connectivity index (χ0n) is 12.3. The van der Waals surface area contributed by atoms with Gasteiger partial charge in [0, 0.05) is 18.8 Å². The van der Waals surface area contributed by atoms with E-state index in [9.17, 15) is 9.59 Å². The van der Waals surface area contributed by atoms with Crippen LogP contribution in [0.25, 0.3) is 0 Å². The highest BCUT2D eigenvalue weighted by Gasteiger charge is 2.38. The minimum Gasteiger partial charge on any atom is -0.481 e. The lowest BCUT2D eigenvalue weighted by Gasteiger charge is -2.23. The number of amides is 1. The lowest BCUT2D eigenvalue weighted by atomic mass is 10.0. The van der Waals surface area contributed by atoms with Crippen molar-refractivity contribution < 1.29 is 14.7 Å². The van der Waals surface area contributed by atoms with Gasteiger partial charge in [-0.15, -0.1) is 0 Å². The summed E-state index contributed by atoms with van der Waals surface area (Å²) in [5, 5.41) is 13.3. The van der Waals surface area contributed by atoms with Crippen LogP contribution in [0, 0.1) is 5.92 Å². The van der Waals surface area contributed by atoms with Gasteiger partial charge >= 0.3 is 5.97 Å². The zero-order valence-corrected chi connectivity index (χ0v) is 12.3. The van der Waals surface area contributed by atoms with Gasteiger partial charge in [-0.25, -0.2) is 0 Å². The molecule has 2 heterocycles. The maximum absolute atomic E-state index is 12.4. The normalized spacial score (nSPS) is 23.1. The van der Waals surface area contributed by atoms with Gasteiger partial charge < -0.3 is 10.0 Å². The molecule has 6 nitrogen and oxygen atoms in total. The molecule has 0 bridgehead atoms. The van der Waals surface area contributed by atoms with Gasteiger partial charge in [0.2, 0.25) is 0 Å². The second-order valence-corrected chi connectivity index (χ2v) is 6.32. The maximum Gasteiger partial charge on any atom is 0.308 e. The summed E-state index contributed by atoms with van der Waals surface area (Å²) in [6.07, 6.45) is 3.78. The molecule has 0 saturated carbocycles. The van der Waals surface area contributed by atoms with E-state index in [1.54, 1.807) is 28.9 Å². The van der Waals surface area contributed by atoms with Crippen molar-refractivity contribution in [3.63, 3.8) is 0 Å². The lowest BCUT2D eigenvalue weighted by molar-refractivity contribution is -0.142. The van der Waals surface area contributed by atoms with Crippen LogP contribution in [0.2, 0.25) is 0 Å². The van der Waals surface area contributed by atoms with Crippen molar-refractivity contribution in [2.75, 3.05) is 6.54 Å². The number of hydrogen-bond donors (Lipinski definition) is 1. The van der Waals surface area contributed by atoms with E-state index in [1.807, 2.05) is 20.8 Å². The first-order valence-corrected chi connectivity index (χ1v) is 6.80. The standard InChI is InChI=1S/C14H21N3O3/c1-9-11(13(19)20)5-6-16(9)12(18)10-7-15-17(8-10)14(2,3)4/h7-9,11H,5-6H2,1-4H3,(H,19,20). The third kappa shape index (κ3) is 2.55. The van der Waals surface area contributed by atoms with Crippen molar-refractivity contribution in [3.05, 3.63) is 18.0 Å². The predicted octanol–water partition coefficient (Wildman–Crippen LogP) is 1.57. The van der Waals surface area contributed by atoms with E-state index in [2.05, 4.69) is 5.10 Å². The van der Waals surface area contributed by atoms with Gasteiger partial charge in [-0.3, -0.25) is 14.3 Å². The Balaban J connectivity index is 2.17. The maximum atomic E-state index is 12.4. The van der Waals surface area contributed by atoms with Crippen molar-refractivity contribution in [3.8, 4) is 0 Å². The zero-order chi connectivity index (χ0) is 15.1. The predicted molar refractivity (Wildman–Crippen MR) is 73.5 cm³/mol. The molecule has 1 aromatic rings. The monoisotopic (exact) mass is 279 g/mol. The quantitative estimate of drug-likeness (QED) is 0.891. The highest BCUT2D eigenvalue weighted by molar-refractivity contribution is 5.94. The van der Waals surface area contributed by atoms with Crippen LogP contribution >= 0.6 is 0 Å². The van der Waals surface area contributed by atoms with Crippen molar-refractivity contribution in [1.82, 2.24) is 14.7 Å². The fraction of sp³-hybridized carbons (Fsp3) is 0.643. The molecule has 1 aromatic heterocycles. The van der Waals surface area contributed by atoms with Gasteiger partial charge in [0.05, 0.1) is 23.2 Å². The number of likely N-dealkylation sites (tertiary alicyclic amines) is 1. The van der Waals surface area contributed by atoms with Crippen LogP contribution in [0.1, 0.15) is 44.5 Å². The molecule has 6 heteroatoms. The molecule has 1 saturated heterocycles. The first kappa shape index (κ1) is 14.6. The van der Waals surface area contributed by atoms with Crippen molar-refractivity contribution >= 4 is 11.9 Å². The summed E-state index contributed by atoms with van der Waals surface area (Å²) < 4.78 is 1.75. The fourth-order valence-corrected chi connectivity index (χ4v) is 2.52. The minimum absolute atomic E-state index is 0.142. The van der Waals surface area contributed by atoms with Crippen molar-refractivity contribution in [2.24, 2.45) is 5.92 Å². The topological polar surface area (TPSA) is 75.4 Å². The first-order chi connectivity index (χ1) is 9.21. The van der Waals surface area contributed by atoms with E-state index in [0.717, 1.165) is 0 Å². The lowest BCUT2D eigenvalue weighted by Crippen LogP contribution is -2.37. The second-order valence-electron chi connectivity index (χ2n) is 6.32. The third-order valence-corrected chi connectivity index (χ3v) is 3.85. The molecule has 2 atom stereocenters. The molecule has 0 aromatic carbocycles. The average molecular weight is 279 g/mol. The van der Waals surface area contributed by atoms with Crippen LogP contribution in [-0.2, 0) is 10.3 Å². The summed E-state index contributed by atoms with van der Waals surface area (Å²) in [4.78, 5) is 25.2. The molecule has 110 valence electrons. The Kier molecular flexibility index (Phi) is 3.58. The molecule has 1 aliphatic heterocycles. The van der Waals surface area contributed by atoms with Gasteiger partial charge in [-0.2, -0.15) is 5.10 Å². The summed E-state index contributed by atoms with van der Waals surface area (Å²) in [5.41, 5.74) is 0.330. The molecule has 1 aliphatic rings. The van der Waals surface area contributed by atoms with Crippen LogP contribution in [0.3, 0.4) is 0 Å². The van der Waals surface area contributed by atoms with E-state index in [4.69, 9.17) is 5.11 Å². The number of hydrogen-bond acceptors (Lipinski definition) is 3. The Labute approximate surface area is 118 Å². The summed E-state index contributed by atoms with van der Waals surface area (Å²) in [7, 11) is 0. The molecule has 1 amide bonds. The fourth-order valence-electron chi connectivity index (χ4n) is 2.52. The Bertz CT molecular complexity index is 530. The van der Waals surface area contributed by atoms with E-state index in [0.29, 0.717) is 18.5 Å². The number of carbonyl (C=O) groups excluding carboxylic acids is 1. The second kappa shape index (κ2) is 4.92. The number of aliphatic carboxylic acids is 1. The number of carboxylic acids is 1. The number of carboxylic acid groups (broad SMARTS) is 1. The Morgan fingerprint density at radius 1 is 1.40 bits per heavy atom. The highest BCUT2D eigenvalue weighted by atomic mass is 16.4. The van der Waals surface area contributed by atoms with E-state index < -0.39 is 11.9 Å². The minimum atomic E-state index is -0.835. The van der Waals surface area contributed by atoms with Gasteiger partial charge in [0.1, 0.15) is 0 Å². The summed E-state index contributed by atoms with van der Waals surface area (Å²) in [6, 6.07) is -0.280. The Morgan fingerprint density at radius 3 is 2.50 bits per heavy atom. The van der Waals surface area contributed by atoms with Gasteiger partial charge in [-0.1, -0.05) is 0 Å². The number of nitrogens with zero attached hydrogens (tertiary/aromatic N) is 3. The Morgan fingerprint density at radius 2 is 2.05 bits per heavy atom. The smallest absolute Gasteiger partial charge is 0.308 e.